The minimum atomic E-state index is -1.08. The lowest BCUT2D eigenvalue weighted by molar-refractivity contribution is -0.128. The molecule has 242 valence electrons. The van der Waals surface area contributed by atoms with Crippen LogP contribution in [0.4, 0.5) is 10.6 Å². The molecule has 12 heteroatoms. The molecule has 2 fully saturated rings. The summed E-state index contributed by atoms with van der Waals surface area (Å²) >= 11 is 0. The molecule has 3 N–H and O–H groups in total. The van der Waals surface area contributed by atoms with E-state index in [1.54, 1.807) is 30.5 Å². The van der Waals surface area contributed by atoms with E-state index in [-0.39, 0.29) is 48.3 Å². The van der Waals surface area contributed by atoms with Crippen molar-refractivity contribution < 1.29 is 28.6 Å². The van der Waals surface area contributed by atoms with Crippen molar-refractivity contribution in [3.63, 3.8) is 0 Å². The second kappa shape index (κ2) is 14.4. The molecule has 12 nitrogen and oxygen atoms in total. The first-order chi connectivity index (χ1) is 20.8. The molecule has 1 saturated carbocycles. The number of methoxy groups -OCH3 is 1. The zero-order chi connectivity index (χ0) is 32.0. The number of rotatable bonds is 10. The first-order valence-corrected chi connectivity index (χ1v) is 15.6. The van der Waals surface area contributed by atoms with E-state index in [0.717, 1.165) is 25.7 Å². The van der Waals surface area contributed by atoms with Crippen LogP contribution in [0.1, 0.15) is 88.7 Å². The van der Waals surface area contributed by atoms with E-state index in [0.29, 0.717) is 42.5 Å². The van der Waals surface area contributed by atoms with Gasteiger partial charge in [0.2, 0.25) is 5.91 Å². The molecule has 1 aliphatic heterocycles. The molecule has 3 heterocycles. The van der Waals surface area contributed by atoms with Crippen molar-refractivity contribution in [1.29, 1.82) is 0 Å². The highest BCUT2D eigenvalue weighted by atomic mass is 16.5. The maximum Gasteiger partial charge on any atom is 0.407 e. The number of anilines is 1. The number of hydrogen-bond donors (Lipinski definition) is 3. The Hall–Kier alpha value is -3.67. The number of carbonyl (C=O) groups excluding carboxylic acids is 2. The maximum absolute atomic E-state index is 14.4. The second-order valence-corrected chi connectivity index (χ2v) is 13.5. The average Bonchev–Trinajstić information content (AvgIpc) is 3.51. The molecule has 3 amide bonds. The van der Waals surface area contributed by atoms with Crippen LogP contribution in [-0.4, -0.2) is 87.7 Å². The topological polar surface area (TPSA) is 150 Å². The van der Waals surface area contributed by atoms with Crippen LogP contribution in [0.2, 0.25) is 0 Å². The monoisotopic (exact) mass is 612 g/mol. The van der Waals surface area contributed by atoms with Gasteiger partial charge in [-0.25, -0.2) is 14.8 Å². The molecule has 2 atom stereocenters. The fourth-order valence-corrected chi connectivity index (χ4v) is 6.00. The van der Waals surface area contributed by atoms with E-state index < -0.39 is 18.2 Å². The fraction of sp³-hybridized carbons (Fsp3) is 0.656. The Balaban J connectivity index is 1.59. The van der Waals surface area contributed by atoms with Crippen molar-refractivity contribution in [1.82, 2.24) is 25.1 Å². The average molecular weight is 613 g/mol. The number of carbonyl (C=O) groups is 3. The number of ether oxygens (including phenoxy) is 1. The predicted molar refractivity (Wildman–Crippen MR) is 165 cm³/mol. The molecule has 0 radical (unpaired) electrons. The summed E-state index contributed by atoms with van der Waals surface area (Å²) < 4.78 is 10.9. The van der Waals surface area contributed by atoms with Crippen molar-refractivity contribution in [2.75, 3.05) is 32.1 Å². The van der Waals surface area contributed by atoms with Crippen LogP contribution >= 0.6 is 0 Å². The zero-order valence-corrected chi connectivity index (χ0v) is 26.8. The van der Waals surface area contributed by atoms with Crippen molar-refractivity contribution in [2.45, 2.75) is 96.9 Å². The molecule has 44 heavy (non-hydrogen) atoms. The van der Waals surface area contributed by atoms with Gasteiger partial charge in [-0.15, -0.1) is 0 Å². The molecule has 0 spiro atoms. The Kier molecular flexibility index (Phi) is 10.9. The number of carboxylic acid groups (broad SMARTS) is 1. The SMILES string of the molecule is COC1CCC(C(=O)N[C@@H]2C[C@H](N(CC(C)C)C(=O)c3cnc(C(C)(C)C)nc3NCc3ccco3)CN(C(=O)O)C2)CC1. The van der Waals surface area contributed by atoms with Gasteiger partial charge < -0.3 is 34.7 Å². The Labute approximate surface area is 259 Å². The van der Waals surface area contributed by atoms with Gasteiger partial charge in [0.1, 0.15) is 23.0 Å². The zero-order valence-electron chi connectivity index (χ0n) is 26.8. The van der Waals surface area contributed by atoms with Gasteiger partial charge in [-0.1, -0.05) is 34.6 Å². The van der Waals surface area contributed by atoms with Gasteiger partial charge in [0.05, 0.1) is 25.0 Å². The van der Waals surface area contributed by atoms with Gasteiger partial charge in [0.15, 0.2) is 0 Å². The fourth-order valence-electron chi connectivity index (χ4n) is 6.00. The minimum Gasteiger partial charge on any atom is -0.467 e. The van der Waals surface area contributed by atoms with Gasteiger partial charge in [0.25, 0.3) is 5.91 Å². The third kappa shape index (κ3) is 8.49. The standard InChI is InChI=1S/C32H48N6O6/c1-20(2)17-38(29(40)26-16-34-30(32(3,4)5)36-27(26)33-15-25-8-7-13-44-25)23-14-22(18-37(19-23)31(41)42)35-28(39)21-9-11-24(43-6)12-10-21/h7-8,13,16,20-24H,9-12,14-15,17-19H2,1-6H3,(H,35,39)(H,41,42)(H,33,34,36)/t21?,22-,23+,24?/m1/s1. The van der Waals surface area contributed by atoms with E-state index in [2.05, 4.69) is 15.6 Å². The molecular weight excluding hydrogens is 564 g/mol. The summed E-state index contributed by atoms with van der Waals surface area (Å²) in [5, 5.41) is 16.4. The number of likely N-dealkylation sites (tertiary alicyclic amines) is 1. The number of hydrogen-bond acceptors (Lipinski definition) is 8. The van der Waals surface area contributed by atoms with Crippen molar-refractivity contribution in [2.24, 2.45) is 11.8 Å². The number of nitrogens with one attached hydrogen (secondary N) is 2. The lowest BCUT2D eigenvalue weighted by Gasteiger charge is -2.43. The summed E-state index contributed by atoms with van der Waals surface area (Å²) in [5.74, 6) is 1.30. The highest BCUT2D eigenvalue weighted by Crippen LogP contribution is 2.28. The predicted octanol–water partition coefficient (Wildman–Crippen LogP) is 4.52. The van der Waals surface area contributed by atoms with Crippen LogP contribution in [0.15, 0.2) is 29.0 Å². The van der Waals surface area contributed by atoms with Crippen LogP contribution in [0, 0.1) is 11.8 Å². The van der Waals surface area contributed by atoms with Gasteiger partial charge in [-0.2, -0.15) is 0 Å². The summed E-state index contributed by atoms with van der Waals surface area (Å²) in [6.07, 6.45) is 5.81. The normalized spacial score (nSPS) is 22.5. The highest BCUT2D eigenvalue weighted by Gasteiger charge is 2.38. The summed E-state index contributed by atoms with van der Waals surface area (Å²) in [7, 11) is 1.70. The number of amides is 3. The van der Waals surface area contributed by atoms with Crippen molar-refractivity contribution in [3.8, 4) is 0 Å². The Morgan fingerprint density at radius 2 is 1.91 bits per heavy atom. The summed E-state index contributed by atoms with van der Waals surface area (Å²) in [5.41, 5.74) is -0.0481. The quantitative estimate of drug-likeness (QED) is 0.352. The third-order valence-corrected chi connectivity index (χ3v) is 8.39. The van der Waals surface area contributed by atoms with E-state index in [9.17, 15) is 19.5 Å². The van der Waals surface area contributed by atoms with Crippen LogP contribution in [0.25, 0.3) is 0 Å². The Morgan fingerprint density at radius 3 is 2.50 bits per heavy atom. The molecule has 0 bridgehead atoms. The number of furan rings is 1. The summed E-state index contributed by atoms with van der Waals surface area (Å²) in [6, 6.07) is 2.76. The maximum atomic E-state index is 14.4. The van der Waals surface area contributed by atoms with Crippen LogP contribution in [-0.2, 0) is 21.5 Å². The van der Waals surface area contributed by atoms with Crippen LogP contribution in [0.5, 0.6) is 0 Å². The van der Waals surface area contributed by atoms with E-state index in [4.69, 9.17) is 14.1 Å². The highest BCUT2D eigenvalue weighted by molar-refractivity contribution is 5.98. The first kappa shape index (κ1) is 33.2. The molecule has 2 aromatic rings. The molecule has 0 aromatic carbocycles. The summed E-state index contributed by atoms with van der Waals surface area (Å²) in [6.45, 7) is 11.1. The largest absolute Gasteiger partial charge is 0.467 e. The van der Waals surface area contributed by atoms with Gasteiger partial charge in [0, 0.05) is 50.3 Å². The van der Waals surface area contributed by atoms with Crippen LogP contribution < -0.4 is 10.6 Å². The van der Waals surface area contributed by atoms with Crippen molar-refractivity contribution >= 4 is 23.7 Å². The number of nitrogens with zero attached hydrogens (tertiary/aromatic N) is 4. The summed E-state index contributed by atoms with van der Waals surface area (Å²) in [4.78, 5) is 52.2. The van der Waals surface area contributed by atoms with Crippen LogP contribution in [0.3, 0.4) is 0 Å². The van der Waals surface area contributed by atoms with Gasteiger partial charge in [-0.3, -0.25) is 9.59 Å². The number of piperidine rings is 1. The van der Waals surface area contributed by atoms with Gasteiger partial charge >= 0.3 is 6.09 Å². The van der Waals surface area contributed by atoms with Crippen molar-refractivity contribution in [3.05, 3.63) is 41.7 Å². The van der Waals surface area contributed by atoms with E-state index >= 15 is 0 Å². The molecule has 4 rings (SSSR count). The Bertz CT molecular complexity index is 1270. The molecular formula is C32H48N6O6. The number of aromatic nitrogens is 2. The minimum absolute atomic E-state index is 0.0622. The van der Waals surface area contributed by atoms with E-state index in [1.807, 2.05) is 40.7 Å². The molecule has 1 saturated heterocycles. The molecule has 2 aromatic heterocycles. The first-order valence-electron chi connectivity index (χ1n) is 15.6. The molecule has 1 aliphatic carbocycles. The Morgan fingerprint density at radius 1 is 1.18 bits per heavy atom. The smallest absolute Gasteiger partial charge is 0.407 e. The lowest BCUT2D eigenvalue weighted by atomic mass is 9.86. The van der Waals surface area contributed by atoms with E-state index in [1.165, 1.54) is 4.90 Å². The second-order valence-electron chi connectivity index (χ2n) is 13.5. The lowest BCUT2D eigenvalue weighted by Crippen LogP contribution is -2.60. The third-order valence-electron chi connectivity index (χ3n) is 8.39. The molecule has 2 aliphatic rings. The molecule has 0 unspecified atom stereocenters. The van der Waals surface area contributed by atoms with Gasteiger partial charge in [-0.05, 0) is 50.2 Å².